The number of carbonyl (C=O) groups excluding carboxylic acids is 2. The Balaban J connectivity index is 1.20. The Morgan fingerprint density at radius 1 is 0.833 bits per heavy atom. The summed E-state index contributed by atoms with van der Waals surface area (Å²) < 4.78 is 13.0. The summed E-state index contributed by atoms with van der Waals surface area (Å²) in [5.74, 6) is -0.266. The van der Waals surface area contributed by atoms with E-state index >= 15 is 0 Å². The number of amides is 2. The zero-order valence-electron chi connectivity index (χ0n) is 17.0. The van der Waals surface area contributed by atoms with Gasteiger partial charge in [-0.2, -0.15) is 0 Å². The molecule has 0 atom stereocenters. The lowest BCUT2D eigenvalue weighted by atomic mass is 10.00. The van der Waals surface area contributed by atoms with Crippen LogP contribution in [0.1, 0.15) is 11.1 Å². The zero-order valence-corrected chi connectivity index (χ0v) is 17.0. The molecule has 1 saturated heterocycles. The molecule has 0 spiro atoms. The second kappa shape index (κ2) is 9.36. The molecule has 2 aliphatic heterocycles. The summed E-state index contributed by atoms with van der Waals surface area (Å²) in [7, 11) is 0. The SMILES string of the molecule is O=C(CN1CCN(CC(=O)N2CCc3ccccc3C2)CC1)Nc1ccc(F)cc1. The maximum atomic E-state index is 13.0. The average Bonchev–Trinajstić information content (AvgIpc) is 2.76. The van der Waals surface area contributed by atoms with E-state index in [1.807, 2.05) is 11.0 Å². The molecular weight excluding hydrogens is 383 g/mol. The van der Waals surface area contributed by atoms with Gasteiger partial charge < -0.3 is 10.2 Å². The van der Waals surface area contributed by atoms with Crippen molar-refractivity contribution in [2.45, 2.75) is 13.0 Å². The molecule has 2 amide bonds. The van der Waals surface area contributed by atoms with Gasteiger partial charge in [-0.05, 0) is 41.8 Å². The Labute approximate surface area is 176 Å². The number of nitrogens with zero attached hydrogens (tertiary/aromatic N) is 3. The van der Waals surface area contributed by atoms with Gasteiger partial charge in [-0.3, -0.25) is 19.4 Å². The molecule has 0 unspecified atom stereocenters. The number of fused-ring (bicyclic) bond motifs is 1. The normalized spacial score (nSPS) is 17.4. The molecule has 2 aliphatic rings. The van der Waals surface area contributed by atoms with Gasteiger partial charge >= 0.3 is 0 Å². The molecule has 0 saturated carbocycles. The van der Waals surface area contributed by atoms with Crippen LogP contribution in [0.5, 0.6) is 0 Å². The minimum atomic E-state index is -0.326. The highest BCUT2D eigenvalue weighted by Gasteiger charge is 2.25. The summed E-state index contributed by atoms with van der Waals surface area (Å²) in [6.45, 7) is 5.21. The molecular formula is C23H27FN4O2. The van der Waals surface area contributed by atoms with Gasteiger partial charge in [0.2, 0.25) is 11.8 Å². The molecule has 0 aliphatic carbocycles. The van der Waals surface area contributed by atoms with Crippen LogP contribution in [0.4, 0.5) is 10.1 Å². The molecule has 2 aromatic carbocycles. The molecule has 0 radical (unpaired) electrons. The molecule has 0 bridgehead atoms. The van der Waals surface area contributed by atoms with E-state index in [0.717, 1.165) is 39.1 Å². The highest BCUT2D eigenvalue weighted by atomic mass is 19.1. The van der Waals surface area contributed by atoms with E-state index in [2.05, 4.69) is 33.3 Å². The van der Waals surface area contributed by atoms with E-state index in [-0.39, 0.29) is 17.6 Å². The molecule has 7 heteroatoms. The third-order valence-electron chi connectivity index (χ3n) is 5.80. The minimum absolute atomic E-state index is 0.113. The van der Waals surface area contributed by atoms with Crippen molar-refractivity contribution >= 4 is 17.5 Å². The number of benzene rings is 2. The van der Waals surface area contributed by atoms with Gasteiger partial charge in [0, 0.05) is 45.0 Å². The Hall–Kier alpha value is -2.77. The van der Waals surface area contributed by atoms with Gasteiger partial charge in [-0.15, -0.1) is 0 Å². The number of halogens is 1. The molecule has 1 N–H and O–H groups in total. The fourth-order valence-corrected chi connectivity index (χ4v) is 4.04. The van der Waals surface area contributed by atoms with E-state index in [1.165, 1.54) is 23.3 Å². The molecule has 6 nitrogen and oxygen atoms in total. The van der Waals surface area contributed by atoms with Crippen molar-refractivity contribution in [3.8, 4) is 0 Å². The Kier molecular flexibility index (Phi) is 6.40. The lowest BCUT2D eigenvalue weighted by Crippen LogP contribution is -2.51. The fourth-order valence-electron chi connectivity index (χ4n) is 4.04. The number of rotatable bonds is 5. The Morgan fingerprint density at radius 2 is 1.47 bits per heavy atom. The maximum absolute atomic E-state index is 13.0. The van der Waals surface area contributed by atoms with Crippen LogP contribution in [-0.4, -0.2) is 72.3 Å². The number of hydrogen-bond donors (Lipinski definition) is 1. The van der Waals surface area contributed by atoms with Gasteiger partial charge in [0.15, 0.2) is 0 Å². The summed E-state index contributed by atoms with van der Waals surface area (Å²) in [5, 5.41) is 2.79. The lowest BCUT2D eigenvalue weighted by Gasteiger charge is -2.36. The van der Waals surface area contributed by atoms with Gasteiger partial charge in [-0.25, -0.2) is 4.39 Å². The highest BCUT2D eigenvalue weighted by Crippen LogP contribution is 2.18. The van der Waals surface area contributed by atoms with E-state index < -0.39 is 0 Å². The zero-order chi connectivity index (χ0) is 20.9. The van der Waals surface area contributed by atoms with Gasteiger partial charge in [0.1, 0.15) is 5.82 Å². The number of piperazine rings is 1. The van der Waals surface area contributed by atoms with E-state index in [4.69, 9.17) is 0 Å². The second-order valence-electron chi connectivity index (χ2n) is 7.94. The molecule has 0 aromatic heterocycles. The van der Waals surface area contributed by atoms with Crippen molar-refractivity contribution in [1.29, 1.82) is 0 Å². The number of nitrogens with one attached hydrogen (secondary N) is 1. The van der Waals surface area contributed by atoms with Crippen LogP contribution < -0.4 is 5.32 Å². The third-order valence-corrected chi connectivity index (χ3v) is 5.80. The van der Waals surface area contributed by atoms with Crippen LogP contribution in [-0.2, 0) is 22.6 Å². The van der Waals surface area contributed by atoms with E-state index in [0.29, 0.717) is 25.3 Å². The van der Waals surface area contributed by atoms with Crippen molar-refractivity contribution in [2.75, 3.05) is 51.1 Å². The third kappa shape index (κ3) is 5.23. The van der Waals surface area contributed by atoms with Crippen LogP contribution >= 0.6 is 0 Å². The second-order valence-corrected chi connectivity index (χ2v) is 7.94. The monoisotopic (exact) mass is 410 g/mol. The summed E-state index contributed by atoms with van der Waals surface area (Å²) in [6, 6.07) is 14.1. The predicted molar refractivity (Wildman–Crippen MR) is 113 cm³/mol. The topological polar surface area (TPSA) is 55.9 Å². The molecule has 2 aromatic rings. The first-order chi connectivity index (χ1) is 14.6. The van der Waals surface area contributed by atoms with Crippen molar-refractivity contribution < 1.29 is 14.0 Å². The molecule has 2 heterocycles. The van der Waals surface area contributed by atoms with Crippen LogP contribution in [0.15, 0.2) is 48.5 Å². The van der Waals surface area contributed by atoms with Crippen LogP contribution in [0.2, 0.25) is 0 Å². The summed E-state index contributed by atoms with van der Waals surface area (Å²) >= 11 is 0. The first kappa shape index (κ1) is 20.5. The largest absolute Gasteiger partial charge is 0.337 e. The fraction of sp³-hybridized carbons (Fsp3) is 0.391. The number of carbonyl (C=O) groups is 2. The van der Waals surface area contributed by atoms with Crippen molar-refractivity contribution in [2.24, 2.45) is 0 Å². The molecule has 4 rings (SSSR count). The first-order valence-corrected chi connectivity index (χ1v) is 10.4. The number of hydrogen-bond acceptors (Lipinski definition) is 4. The molecule has 1 fully saturated rings. The van der Waals surface area contributed by atoms with Crippen LogP contribution in [0.25, 0.3) is 0 Å². The van der Waals surface area contributed by atoms with E-state index in [1.54, 1.807) is 12.1 Å². The minimum Gasteiger partial charge on any atom is -0.337 e. The smallest absolute Gasteiger partial charge is 0.238 e. The molecule has 158 valence electrons. The van der Waals surface area contributed by atoms with Crippen LogP contribution in [0.3, 0.4) is 0 Å². The Bertz CT molecular complexity index is 894. The average molecular weight is 410 g/mol. The summed E-state index contributed by atoms with van der Waals surface area (Å²) in [6.07, 6.45) is 0.916. The Morgan fingerprint density at radius 3 is 2.17 bits per heavy atom. The van der Waals surface area contributed by atoms with Crippen molar-refractivity contribution in [3.63, 3.8) is 0 Å². The van der Waals surface area contributed by atoms with Crippen molar-refractivity contribution in [1.82, 2.24) is 14.7 Å². The predicted octanol–water partition coefficient (Wildman–Crippen LogP) is 1.97. The maximum Gasteiger partial charge on any atom is 0.238 e. The lowest BCUT2D eigenvalue weighted by molar-refractivity contribution is -0.134. The van der Waals surface area contributed by atoms with Gasteiger partial charge in [0.05, 0.1) is 13.1 Å². The van der Waals surface area contributed by atoms with Crippen molar-refractivity contribution in [3.05, 3.63) is 65.5 Å². The quantitative estimate of drug-likeness (QED) is 0.819. The number of anilines is 1. The first-order valence-electron chi connectivity index (χ1n) is 10.4. The van der Waals surface area contributed by atoms with E-state index in [9.17, 15) is 14.0 Å². The molecule has 30 heavy (non-hydrogen) atoms. The summed E-state index contributed by atoms with van der Waals surface area (Å²) in [4.78, 5) is 31.1. The van der Waals surface area contributed by atoms with Gasteiger partial charge in [0.25, 0.3) is 0 Å². The summed E-state index contributed by atoms with van der Waals surface area (Å²) in [5.41, 5.74) is 3.18. The van der Waals surface area contributed by atoms with Gasteiger partial charge in [-0.1, -0.05) is 24.3 Å². The standard InChI is InChI=1S/C23H27FN4O2/c24-20-5-7-21(8-6-20)25-22(29)16-26-11-13-27(14-12-26)17-23(30)28-10-9-18-3-1-2-4-19(18)15-28/h1-8H,9-17H2,(H,25,29). The highest BCUT2D eigenvalue weighted by molar-refractivity contribution is 5.92. The van der Waals surface area contributed by atoms with Crippen LogP contribution in [0, 0.1) is 5.82 Å².